The largest absolute Gasteiger partial charge is 0.494 e. The quantitative estimate of drug-likeness (QED) is 0.727. The molecule has 76 valence electrons. The Morgan fingerprint density at radius 1 is 1.57 bits per heavy atom. The summed E-state index contributed by atoms with van der Waals surface area (Å²) in [4.78, 5) is 11.2. The minimum Gasteiger partial charge on any atom is -0.494 e. The van der Waals surface area contributed by atoms with Crippen LogP contribution < -0.4 is 5.32 Å². The maximum atomic E-state index is 13.3. The lowest BCUT2D eigenvalue weighted by Gasteiger charge is -2.01. The SMILES string of the molecule is CNC(=O)C1=CCC=C(OC)C(F)=C1. The molecule has 1 aliphatic rings. The van der Waals surface area contributed by atoms with E-state index in [1.807, 2.05) is 0 Å². The third-order valence-electron chi connectivity index (χ3n) is 1.87. The van der Waals surface area contributed by atoms with Crippen molar-refractivity contribution in [3.63, 3.8) is 0 Å². The highest BCUT2D eigenvalue weighted by molar-refractivity contribution is 5.96. The molecule has 0 fully saturated rings. The van der Waals surface area contributed by atoms with Crippen molar-refractivity contribution in [2.24, 2.45) is 0 Å². The van der Waals surface area contributed by atoms with Gasteiger partial charge in [-0.3, -0.25) is 4.79 Å². The molecule has 1 N–H and O–H groups in total. The first-order valence-corrected chi connectivity index (χ1v) is 4.23. The number of halogens is 1. The molecule has 0 aromatic heterocycles. The summed E-state index contributed by atoms with van der Waals surface area (Å²) >= 11 is 0. The molecule has 0 aromatic carbocycles. The van der Waals surface area contributed by atoms with Crippen molar-refractivity contribution < 1.29 is 13.9 Å². The lowest BCUT2D eigenvalue weighted by molar-refractivity contribution is -0.116. The number of hydrogen-bond donors (Lipinski definition) is 1. The highest BCUT2D eigenvalue weighted by Gasteiger charge is 2.12. The second-order valence-electron chi connectivity index (χ2n) is 2.74. The fraction of sp³-hybridized carbons (Fsp3) is 0.300. The fourth-order valence-electron chi connectivity index (χ4n) is 1.14. The molecule has 0 aliphatic heterocycles. The second kappa shape index (κ2) is 4.60. The molecular weight excluding hydrogens is 185 g/mol. The Morgan fingerprint density at radius 2 is 2.29 bits per heavy atom. The van der Waals surface area contributed by atoms with Gasteiger partial charge in [0.05, 0.1) is 7.11 Å². The number of carbonyl (C=O) groups is 1. The average Bonchev–Trinajstić information content (AvgIpc) is 2.38. The van der Waals surface area contributed by atoms with Gasteiger partial charge in [0, 0.05) is 12.6 Å². The smallest absolute Gasteiger partial charge is 0.250 e. The monoisotopic (exact) mass is 197 g/mol. The van der Waals surface area contributed by atoms with Crippen LogP contribution in [0.15, 0.2) is 35.4 Å². The predicted octanol–water partition coefficient (Wildman–Crippen LogP) is 1.45. The van der Waals surface area contributed by atoms with Gasteiger partial charge >= 0.3 is 0 Å². The molecule has 0 atom stereocenters. The van der Waals surface area contributed by atoms with E-state index in [1.165, 1.54) is 20.2 Å². The maximum Gasteiger partial charge on any atom is 0.250 e. The van der Waals surface area contributed by atoms with Crippen molar-refractivity contribution in [1.82, 2.24) is 5.32 Å². The Morgan fingerprint density at radius 3 is 2.86 bits per heavy atom. The van der Waals surface area contributed by atoms with Crippen LogP contribution in [0.1, 0.15) is 6.42 Å². The molecule has 1 amide bonds. The summed E-state index contributed by atoms with van der Waals surface area (Å²) in [5, 5.41) is 2.43. The van der Waals surface area contributed by atoms with Gasteiger partial charge in [0.1, 0.15) is 0 Å². The van der Waals surface area contributed by atoms with Crippen molar-refractivity contribution in [3.05, 3.63) is 35.4 Å². The van der Waals surface area contributed by atoms with Crippen LogP contribution >= 0.6 is 0 Å². The van der Waals surface area contributed by atoms with Crippen molar-refractivity contribution >= 4 is 5.91 Å². The highest BCUT2D eigenvalue weighted by atomic mass is 19.1. The Bertz CT molecular complexity index is 329. The Labute approximate surface area is 81.9 Å². The number of likely N-dealkylation sites (N-methyl/N-ethyl adjacent to an activating group) is 1. The average molecular weight is 197 g/mol. The lowest BCUT2D eigenvalue weighted by Crippen LogP contribution is -2.19. The van der Waals surface area contributed by atoms with E-state index in [1.54, 1.807) is 12.2 Å². The molecule has 0 heterocycles. The summed E-state index contributed by atoms with van der Waals surface area (Å²) in [5.74, 6) is -0.661. The summed E-state index contributed by atoms with van der Waals surface area (Å²) in [7, 11) is 2.90. The van der Waals surface area contributed by atoms with E-state index in [0.29, 0.717) is 12.0 Å². The van der Waals surface area contributed by atoms with Gasteiger partial charge in [0.2, 0.25) is 0 Å². The second-order valence-corrected chi connectivity index (χ2v) is 2.74. The third-order valence-corrected chi connectivity index (χ3v) is 1.87. The molecule has 0 aromatic rings. The summed E-state index contributed by atoms with van der Waals surface area (Å²) in [6.07, 6.45) is 4.88. The van der Waals surface area contributed by atoms with E-state index in [-0.39, 0.29) is 11.7 Å². The summed E-state index contributed by atoms with van der Waals surface area (Å²) in [6, 6.07) is 0. The Hall–Kier alpha value is -1.58. The number of ether oxygens (including phenoxy) is 1. The fourth-order valence-corrected chi connectivity index (χ4v) is 1.14. The minimum absolute atomic E-state index is 0.167. The number of nitrogens with one attached hydrogen (secondary N) is 1. The van der Waals surface area contributed by atoms with Crippen molar-refractivity contribution in [1.29, 1.82) is 0 Å². The number of methoxy groups -OCH3 is 1. The van der Waals surface area contributed by atoms with Crippen LogP contribution in [0.5, 0.6) is 0 Å². The van der Waals surface area contributed by atoms with Gasteiger partial charge < -0.3 is 10.1 Å². The molecule has 1 aliphatic carbocycles. The van der Waals surface area contributed by atoms with E-state index < -0.39 is 5.83 Å². The maximum absolute atomic E-state index is 13.3. The van der Waals surface area contributed by atoms with Crippen molar-refractivity contribution in [3.8, 4) is 0 Å². The topological polar surface area (TPSA) is 38.3 Å². The van der Waals surface area contributed by atoms with Gasteiger partial charge in [-0.15, -0.1) is 0 Å². The van der Waals surface area contributed by atoms with Gasteiger partial charge in [-0.25, -0.2) is 4.39 Å². The summed E-state index contributed by atoms with van der Waals surface area (Å²) in [6.45, 7) is 0. The van der Waals surface area contributed by atoms with E-state index in [4.69, 9.17) is 4.74 Å². The summed E-state index contributed by atoms with van der Waals surface area (Å²) < 4.78 is 18.1. The van der Waals surface area contributed by atoms with Gasteiger partial charge in [-0.2, -0.15) is 0 Å². The molecule has 4 heteroatoms. The zero-order valence-electron chi connectivity index (χ0n) is 8.13. The Balaban J connectivity index is 2.92. The lowest BCUT2D eigenvalue weighted by atomic mass is 10.2. The van der Waals surface area contributed by atoms with Crippen molar-refractivity contribution in [2.45, 2.75) is 6.42 Å². The minimum atomic E-state index is -0.528. The van der Waals surface area contributed by atoms with Gasteiger partial charge in [-0.1, -0.05) is 6.08 Å². The molecule has 0 unspecified atom stereocenters. The van der Waals surface area contributed by atoms with Gasteiger partial charge in [0.25, 0.3) is 5.91 Å². The standard InChI is InChI=1S/C10H12FNO2/c1-12-10(13)7-4-3-5-9(14-2)8(11)6-7/h4-6H,3H2,1-2H3,(H,12,13). The molecule has 0 saturated carbocycles. The van der Waals surface area contributed by atoms with E-state index >= 15 is 0 Å². The first-order chi connectivity index (χ1) is 6.69. The number of hydrogen-bond acceptors (Lipinski definition) is 2. The van der Waals surface area contributed by atoms with Crippen LogP contribution in [-0.2, 0) is 9.53 Å². The predicted molar refractivity (Wildman–Crippen MR) is 51.0 cm³/mol. The molecule has 1 rings (SSSR count). The number of carbonyl (C=O) groups excluding carboxylic acids is 1. The van der Waals surface area contributed by atoms with Crippen LogP contribution in [0.4, 0.5) is 4.39 Å². The van der Waals surface area contributed by atoms with E-state index in [9.17, 15) is 9.18 Å². The van der Waals surface area contributed by atoms with Crippen LogP contribution in [-0.4, -0.2) is 20.1 Å². The zero-order valence-corrected chi connectivity index (χ0v) is 8.13. The molecular formula is C10H12FNO2. The molecule has 0 radical (unpaired) electrons. The first kappa shape index (κ1) is 10.5. The molecule has 0 saturated heterocycles. The van der Waals surface area contributed by atoms with E-state index in [2.05, 4.69) is 5.32 Å². The zero-order chi connectivity index (χ0) is 10.6. The summed E-state index contributed by atoms with van der Waals surface area (Å²) in [5.41, 5.74) is 0.313. The van der Waals surface area contributed by atoms with Gasteiger partial charge in [0.15, 0.2) is 11.6 Å². The molecule has 14 heavy (non-hydrogen) atoms. The molecule has 0 spiro atoms. The molecule has 3 nitrogen and oxygen atoms in total. The van der Waals surface area contributed by atoms with Gasteiger partial charge in [-0.05, 0) is 18.6 Å². The normalized spacial score (nSPS) is 16.1. The highest BCUT2D eigenvalue weighted by Crippen LogP contribution is 2.19. The molecule has 0 bridgehead atoms. The van der Waals surface area contributed by atoms with Crippen molar-refractivity contribution in [2.75, 3.05) is 14.2 Å². The Kier molecular flexibility index (Phi) is 3.45. The van der Waals surface area contributed by atoms with Crippen LogP contribution in [0.2, 0.25) is 0 Å². The van der Waals surface area contributed by atoms with Crippen LogP contribution in [0.25, 0.3) is 0 Å². The number of amides is 1. The first-order valence-electron chi connectivity index (χ1n) is 4.23. The number of rotatable bonds is 2. The van der Waals surface area contributed by atoms with E-state index in [0.717, 1.165) is 0 Å². The van der Waals surface area contributed by atoms with Crippen LogP contribution in [0, 0.1) is 0 Å². The third kappa shape index (κ3) is 2.22. The number of allylic oxidation sites excluding steroid dienone is 3. The van der Waals surface area contributed by atoms with Crippen LogP contribution in [0.3, 0.4) is 0 Å².